The third kappa shape index (κ3) is 2.06. The van der Waals surface area contributed by atoms with E-state index in [2.05, 4.69) is 16.3 Å². The fourth-order valence-corrected chi connectivity index (χ4v) is 1.17. The lowest BCUT2D eigenvalue weighted by molar-refractivity contribution is 0.347. The molecule has 0 aliphatic heterocycles. The predicted molar refractivity (Wildman–Crippen MR) is 52.4 cm³/mol. The van der Waals surface area contributed by atoms with E-state index in [9.17, 15) is 17.6 Å². The zero-order valence-corrected chi connectivity index (χ0v) is 8.71. The number of hydrogen-bond acceptors (Lipinski definition) is 3. The van der Waals surface area contributed by atoms with Crippen molar-refractivity contribution in [3.8, 4) is 5.75 Å². The highest BCUT2D eigenvalue weighted by Crippen LogP contribution is 2.28. The minimum Gasteiger partial charge on any atom is -0.461 e. The van der Waals surface area contributed by atoms with Gasteiger partial charge in [-0.15, -0.1) is 0 Å². The molecule has 7 heteroatoms. The van der Waals surface area contributed by atoms with Crippen LogP contribution in [0.15, 0.2) is 29.4 Å². The quantitative estimate of drug-likeness (QED) is 0.482. The van der Waals surface area contributed by atoms with Crippen LogP contribution in [0.4, 0.5) is 17.6 Å². The lowest BCUT2D eigenvalue weighted by Crippen LogP contribution is -2.05. The van der Waals surface area contributed by atoms with Crippen LogP contribution in [0.2, 0.25) is 0 Å². The van der Waals surface area contributed by atoms with E-state index >= 15 is 0 Å². The molecule has 0 aliphatic carbocycles. The molecule has 2 heterocycles. The number of halogens is 4. The van der Waals surface area contributed by atoms with E-state index in [1.807, 2.05) is 0 Å². The van der Waals surface area contributed by atoms with Gasteiger partial charge in [0, 0.05) is 0 Å². The number of furan rings is 1. The van der Waals surface area contributed by atoms with Gasteiger partial charge in [0.15, 0.2) is 11.5 Å². The molecule has 0 radical (unpaired) electrons. The van der Waals surface area contributed by atoms with Crippen LogP contribution >= 0.6 is 0 Å². The molecule has 2 aromatic rings. The van der Waals surface area contributed by atoms with Gasteiger partial charge in [0.2, 0.25) is 17.4 Å². The largest absolute Gasteiger partial charge is 0.461 e. The maximum absolute atomic E-state index is 13.2. The first-order valence-electron chi connectivity index (χ1n) is 4.61. The van der Waals surface area contributed by atoms with Crippen LogP contribution in [-0.4, -0.2) is 4.98 Å². The predicted octanol–water partition coefficient (Wildman–Crippen LogP) is 3.28. The van der Waals surface area contributed by atoms with Crippen molar-refractivity contribution in [2.24, 2.45) is 0 Å². The first-order valence-corrected chi connectivity index (χ1v) is 4.61. The highest BCUT2D eigenvalue weighted by molar-refractivity contribution is 5.54. The van der Waals surface area contributed by atoms with E-state index in [1.165, 1.54) is 18.4 Å². The normalized spacial score (nSPS) is 10.4. The molecular weight excluding hydrogens is 254 g/mol. The average Bonchev–Trinajstić information content (AvgIpc) is 2.85. The summed E-state index contributed by atoms with van der Waals surface area (Å²) in [6.45, 7) is 3.32. The topological polar surface area (TPSA) is 35.3 Å². The van der Waals surface area contributed by atoms with Crippen molar-refractivity contribution in [1.29, 1.82) is 0 Å². The Bertz CT molecular complexity index is 569. The fraction of sp³-hybridized carbons (Fsp3) is 0. The summed E-state index contributed by atoms with van der Waals surface area (Å²) in [4.78, 5) is 2.39. The van der Waals surface area contributed by atoms with Gasteiger partial charge in [-0.25, -0.2) is 0 Å². The molecule has 0 aliphatic rings. The number of nitrogens with zero attached hydrogens (tertiary/aromatic N) is 1. The van der Waals surface area contributed by atoms with Crippen LogP contribution in [0.3, 0.4) is 0 Å². The summed E-state index contributed by atoms with van der Waals surface area (Å²) in [6.07, 6.45) is 1.27. The number of pyridine rings is 1. The van der Waals surface area contributed by atoms with Crippen LogP contribution < -0.4 is 4.74 Å². The fourth-order valence-electron chi connectivity index (χ4n) is 1.17. The summed E-state index contributed by atoms with van der Waals surface area (Å²) in [7, 11) is 0. The first-order chi connectivity index (χ1) is 8.50. The average molecular weight is 259 g/mol. The molecule has 0 aromatic carbocycles. The molecule has 94 valence electrons. The van der Waals surface area contributed by atoms with Gasteiger partial charge >= 0.3 is 0 Å². The lowest BCUT2D eigenvalue weighted by atomic mass is 10.3. The molecule has 0 spiro atoms. The SMILES string of the molecule is C=C(Oc1c(F)c(F)nc(F)c1F)c1ccco1. The molecule has 18 heavy (non-hydrogen) atoms. The first kappa shape index (κ1) is 12.2. The molecule has 2 aromatic heterocycles. The van der Waals surface area contributed by atoms with Crippen molar-refractivity contribution in [1.82, 2.24) is 4.98 Å². The van der Waals surface area contributed by atoms with Gasteiger partial charge in [-0.1, -0.05) is 6.58 Å². The third-order valence-electron chi connectivity index (χ3n) is 1.98. The molecule has 0 amide bonds. The van der Waals surface area contributed by atoms with Crippen molar-refractivity contribution < 1.29 is 26.7 Å². The summed E-state index contributed by atoms with van der Waals surface area (Å²) in [5.74, 6) is -8.62. The zero-order valence-electron chi connectivity index (χ0n) is 8.71. The van der Waals surface area contributed by atoms with Gasteiger partial charge in [0.05, 0.1) is 6.26 Å². The Hall–Kier alpha value is -2.31. The van der Waals surface area contributed by atoms with E-state index < -0.39 is 29.3 Å². The van der Waals surface area contributed by atoms with Crippen molar-refractivity contribution in [3.63, 3.8) is 0 Å². The highest BCUT2D eigenvalue weighted by atomic mass is 19.2. The van der Waals surface area contributed by atoms with Crippen LogP contribution in [0, 0.1) is 23.5 Å². The molecule has 0 unspecified atom stereocenters. The Morgan fingerprint density at radius 1 is 1.17 bits per heavy atom. The van der Waals surface area contributed by atoms with Gasteiger partial charge in [-0.3, -0.25) is 0 Å². The second-order valence-electron chi connectivity index (χ2n) is 3.15. The molecule has 0 saturated heterocycles. The number of aromatic nitrogens is 1. The Labute approximate surface area is 98.3 Å². The van der Waals surface area contributed by atoms with E-state index in [0.717, 1.165) is 0 Å². The Morgan fingerprint density at radius 2 is 1.78 bits per heavy atom. The highest BCUT2D eigenvalue weighted by Gasteiger charge is 2.23. The van der Waals surface area contributed by atoms with Crippen molar-refractivity contribution >= 4 is 5.76 Å². The molecule has 2 rings (SSSR count). The summed E-state index contributed by atoms with van der Waals surface area (Å²) in [6, 6.07) is 2.87. The van der Waals surface area contributed by atoms with Crippen molar-refractivity contribution in [3.05, 3.63) is 54.3 Å². The smallest absolute Gasteiger partial charge is 0.255 e. The van der Waals surface area contributed by atoms with Gasteiger partial charge in [0.1, 0.15) is 0 Å². The van der Waals surface area contributed by atoms with Crippen LogP contribution in [0.1, 0.15) is 5.76 Å². The van der Waals surface area contributed by atoms with Gasteiger partial charge < -0.3 is 9.15 Å². The standard InChI is InChI=1S/C11H5F4NO2/c1-5(6-3-2-4-17-6)18-9-7(12)10(14)16-11(15)8(9)13/h2-4H,1H2. The Morgan fingerprint density at radius 3 is 2.28 bits per heavy atom. The molecule has 0 N–H and O–H groups in total. The van der Waals surface area contributed by atoms with Crippen molar-refractivity contribution in [2.75, 3.05) is 0 Å². The summed E-state index contributed by atoms with van der Waals surface area (Å²) in [5.41, 5.74) is 0. The molecule has 3 nitrogen and oxygen atoms in total. The maximum atomic E-state index is 13.2. The maximum Gasteiger partial charge on any atom is 0.255 e. The van der Waals surface area contributed by atoms with E-state index in [4.69, 9.17) is 4.42 Å². The minimum absolute atomic E-state index is 0.0615. The molecule has 0 fully saturated rings. The number of rotatable bonds is 3. The monoisotopic (exact) mass is 259 g/mol. The minimum atomic E-state index is -1.81. The van der Waals surface area contributed by atoms with Crippen LogP contribution in [-0.2, 0) is 0 Å². The molecule has 0 saturated carbocycles. The molecular formula is C11H5F4NO2. The van der Waals surface area contributed by atoms with Crippen LogP contribution in [0.5, 0.6) is 5.75 Å². The van der Waals surface area contributed by atoms with E-state index in [0.29, 0.717) is 0 Å². The second kappa shape index (κ2) is 4.52. The molecule has 0 atom stereocenters. The number of hydrogen-bond donors (Lipinski definition) is 0. The van der Waals surface area contributed by atoms with Crippen molar-refractivity contribution in [2.45, 2.75) is 0 Å². The Balaban J connectivity index is 2.38. The van der Waals surface area contributed by atoms with E-state index in [1.54, 1.807) is 0 Å². The number of ether oxygens (including phenoxy) is 1. The van der Waals surface area contributed by atoms with Gasteiger partial charge in [-0.05, 0) is 12.1 Å². The second-order valence-corrected chi connectivity index (χ2v) is 3.15. The lowest BCUT2D eigenvalue weighted by Gasteiger charge is -2.08. The zero-order chi connectivity index (χ0) is 13.3. The Kier molecular flexibility index (Phi) is 3.05. The van der Waals surface area contributed by atoms with Gasteiger partial charge in [-0.2, -0.15) is 22.5 Å². The summed E-state index contributed by atoms with van der Waals surface area (Å²) in [5, 5.41) is 0. The summed E-state index contributed by atoms with van der Waals surface area (Å²) < 4.78 is 61.4. The summed E-state index contributed by atoms with van der Waals surface area (Å²) >= 11 is 0. The van der Waals surface area contributed by atoms with E-state index in [-0.39, 0.29) is 11.5 Å². The van der Waals surface area contributed by atoms with Crippen LogP contribution in [0.25, 0.3) is 5.76 Å². The van der Waals surface area contributed by atoms with Gasteiger partial charge in [0.25, 0.3) is 11.9 Å². The third-order valence-corrected chi connectivity index (χ3v) is 1.98. The molecule has 0 bridgehead atoms.